The van der Waals surface area contributed by atoms with Crippen molar-refractivity contribution in [2.45, 2.75) is 19.4 Å². The Balaban J connectivity index is 2.69. The quantitative estimate of drug-likeness (QED) is 0.319. The molecule has 0 atom stereocenters. The molecule has 1 aromatic rings. The van der Waals surface area contributed by atoms with Crippen LogP contribution in [0.5, 0.6) is 0 Å². The first-order valence-corrected chi connectivity index (χ1v) is 9.23. The fourth-order valence-electron chi connectivity index (χ4n) is 1.59. The summed E-state index contributed by atoms with van der Waals surface area (Å²) in [4.78, 5) is 21.2. The van der Waals surface area contributed by atoms with E-state index in [4.69, 9.17) is 9.78 Å². The third-order valence-corrected chi connectivity index (χ3v) is 6.48. The van der Waals surface area contributed by atoms with Gasteiger partial charge in [-0.25, -0.2) is 4.79 Å². The van der Waals surface area contributed by atoms with Crippen molar-refractivity contribution in [2.75, 3.05) is 6.61 Å². The molecule has 0 heterocycles. The van der Waals surface area contributed by atoms with Crippen LogP contribution in [0.3, 0.4) is 0 Å². The van der Waals surface area contributed by atoms with Crippen LogP contribution >= 0.6 is 0 Å². The molecular weight excluding hydrogens is 268 g/mol. The molecule has 0 fully saturated rings. The maximum Gasteiger partial charge on any atom is 0.373 e. The van der Waals surface area contributed by atoms with Crippen molar-refractivity contribution in [1.29, 1.82) is 0 Å². The number of benzene rings is 1. The van der Waals surface area contributed by atoms with Gasteiger partial charge < -0.3 is 0 Å². The zero-order chi connectivity index (χ0) is 15.0. The van der Waals surface area contributed by atoms with Crippen LogP contribution in [-0.2, 0) is 9.78 Å². The molecule has 0 aliphatic rings. The summed E-state index contributed by atoms with van der Waals surface area (Å²) in [7, 11) is -1.83. The summed E-state index contributed by atoms with van der Waals surface area (Å²) in [6.45, 7) is 13.9. The minimum atomic E-state index is -1.83. The first kappa shape index (κ1) is 16.4. The van der Waals surface area contributed by atoms with Crippen molar-refractivity contribution in [3.05, 3.63) is 61.3 Å². The lowest BCUT2D eigenvalue weighted by Crippen LogP contribution is -2.40. The van der Waals surface area contributed by atoms with Crippen LogP contribution in [0.2, 0.25) is 6.55 Å². The fraction of sp³-hybridized carbons (Fsp3) is 0.250. The van der Waals surface area contributed by atoms with Gasteiger partial charge in [0.25, 0.3) is 0 Å². The molecule has 1 aromatic carbocycles. The number of hydrogen-bond donors (Lipinski definition) is 0. The lowest BCUT2D eigenvalue weighted by Gasteiger charge is -2.19. The smallest absolute Gasteiger partial charge is 0.293 e. The van der Waals surface area contributed by atoms with E-state index in [1.807, 2.05) is 23.5 Å². The van der Waals surface area contributed by atoms with Crippen LogP contribution in [0, 0.1) is 6.92 Å². The molecule has 107 valence electrons. The summed E-state index contributed by atoms with van der Waals surface area (Å²) in [6.07, 6.45) is 1.51. The van der Waals surface area contributed by atoms with Crippen LogP contribution in [0.1, 0.15) is 23.2 Å². The van der Waals surface area contributed by atoms with E-state index in [9.17, 15) is 4.79 Å². The molecule has 20 heavy (non-hydrogen) atoms. The fourth-order valence-corrected chi connectivity index (χ4v) is 3.11. The van der Waals surface area contributed by atoms with Crippen LogP contribution < -0.4 is 5.19 Å². The molecule has 0 spiro atoms. The van der Waals surface area contributed by atoms with Gasteiger partial charge in [-0.1, -0.05) is 48.6 Å². The summed E-state index contributed by atoms with van der Waals surface area (Å²) in [6, 6.07) is 7.31. The van der Waals surface area contributed by atoms with Gasteiger partial charge in [0, 0.05) is 0 Å². The van der Waals surface area contributed by atoms with Gasteiger partial charge in [0.15, 0.2) is 0 Å². The molecule has 0 aliphatic carbocycles. The molecule has 4 heteroatoms. The Kier molecular flexibility index (Phi) is 6.41. The molecule has 0 N–H and O–H groups in total. The van der Waals surface area contributed by atoms with E-state index in [0.717, 1.165) is 18.0 Å². The average Bonchev–Trinajstić information content (AvgIpc) is 2.50. The highest BCUT2D eigenvalue weighted by molar-refractivity contribution is 6.98. The van der Waals surface area contributed by atoms with E-state index in [1.165, 1.54) is 0 Å². The molecule has 0 saturated carbocycles. The van der Waals surface area contributed by atoms with Gasteiger partial charge in [0.2, 0.25) is 0 Å². The molecule has 0 saturated heterocycles. The van der Waals surface area contributed by atoms with Crippen LogP contribution in [0.15, 0.2) is 48.8 Å². The third-order valence-electron chi connectivity index (χ3n) is 3.20. The number of rotatable bonds is 8. The number of carbonyl (C=O) groups excluding carboxylic acids is 1. The van der Waals surface area contributed by atoms with Gasteiger partial charge in [0.1, 0.15) is 8.07 Å². The summed E-state index contributed by atoms with van der Waals surface area (Å²) >= 11 is 0. The first-order valence-electron chi connectivity index (χ1n) is 6.58. The Morgan fingerprint density at radius 3 is 2.35 bits per heavy atom. The Morgan fingerprint density at radius 1 is 1.25 bits per heavy atom. The van der Waals surface area contributed by atoms with Crippen molar-refractivity contribution in [1.82, 2.24) is 0 Å². The summed E-state index contributed by atoms with van der Waals surface area (Å²) in [5.41, 5.74) is 4.37. The maximum absolute atomic E-state index is 11.7. The largest absolute Gasteiger partial charge is 0.373 e. The SMILES string of the molecule is [CH2]CCCOOC(=O)c1ccc([Si](C)(C=C)C=C)cc1. The van der Waals surface area contributed by atoms with Crippen molar-refractivity contribution >= 4 is 19.2 Å². The molecule has 0 bridgehead atoms. The second-order valence-corrected chi connectivity index (χ2v) is 8.63. The van der Waals surface area contributed by atoms with Gasteiger partial charge >= 0.3 is 5.97 Å². The average molecular weight is 289 g/mol. The highest BCUT2D eigenvalue weighted by Crippen LogP contribution is 2.08. The lowest BCUT2D eigenvalue weighted by atomic mass is 10.2. The van der Waals surface area contributed by atoms with Crippen molar-refractivity contribution < 1.29 is 14.6 Å². The Bertz CT molecular complexity index is 457. The Morgan fingerprint density at radius 2 is 1.85 bits per heavy atom. The topological polar surface area (TPSA) is 35.5 Å². The monoisotopic (exact) mass is 289 g/mol. The van der Waals surface area contributed by atoms with Crippen molar-refractivity contribution in [3.8, 4) is 0 Å². The molecule has 0 amide bonds. The number of hydrogen-bond acceptors (Lipinski definition) is 3. The maximum atomic E-state index is 11.7. The summed E-state index contributed by atoms with van der Waals surface area (Å²) in [5, 5.41) is 1.15. The number of carbonyl (C=O) groups is 1. The molecule has 1 rings (SSSR count). The van der Waals surface area contributed by atoms with E-state index in [2.05, 4.69) is 26.6 Å². The first-order chi connectivity index (χ1) is 9.57. The summed E-state index contributed by atoms with van der Waals surface area (Å²) in [5.74, 6) is -0.485. The van der Waals surface area contributed by atoms with Crippen molar-refractivity contribution in [2.24, 2.45) is 0 Å². The van der Waals surface area contributed by atoms with E-state index in [-0.39, 0.29) is 0 Å². The van der Waals surface area contributed by atoms with Crippen LogP contribution in [0.4, 0.5) is 0 Å². The minimum absolute atomic E-state index is 0.366. The predicted molar refractivity (Wildman–Crippen MR) is 84.0 cm³/mol. The molecule has 3 nitrogen and oxygen atoms in total. The van der Waals surface area contributed by atoms with Gasteiger partial charge in [-0.3, -0.25) is 4.89 Å². The standard InChI is InChI=1S/C16H21O3Si/c1-5-8-13-18-19-16(17)14-9-11-15(12-10-14)20(4,6-2)7-3/h6-7,9-12H,1-3,5,8,13H2,4H3. The third kappa shape index (κ3) is 4.18. The van der Waals surface area contributed by atoms with E-state index >= 15 is 0 Å². The van der Waals surface area contributed by atoms with Gasteiger partial charge in [0.05, 0.1) is 12.2 Å². The Labute approximate surface area is 121 Å². The predicted octanol–water partition coefficient (Wildman–Crippen LogP) is 3.13. The van der Waals surface area contributed by atoms with Crippen LogP contribution in [-0.4, -0.2) is 20.7 Å². The summed E-state index contributed by atoms with van der Waals surface area (Å²) < 4.78 is 0. The molecule has 0 aromatic heterocycles. The van der Waals surface area contributed by atoms with Gasteiger partial charge in [-0.05, 0) is 18.6 Å². The van der Waals surface area contributed by atoms with E-state index in [0.29, 0.717) is 12.2 Å². The van der Waals surface area contributed by atoms with E-state index in [1.54, 1.807) is 12.1 Å². The highest BCUT2D eigenvalue weighted by atomic mass is 28.3. The van der Waals surface area contributed by atoms with Gasteiger partial charge in [-0.15, -0.1) is 13.2 Å². The lowest BCUT2D eigenvalue weighted by molar-refractivity contribution is -0.241. The molecule has 1 radical (unpaired) electrons. The second-order valence-electron chi connectivity index (χ2n) is 4.67. The molecular formula is C16H21O3Si. The minimum Gasteiger partial charge on any atom is -0.293 e. The van der Waals surface area contributed by atoms with Crippen LogP contribution in [0.25, 0.3) is 0 Å². The Hall–Kier alpha value is -1.65. The number of unbranched alkanes of at least 4 members (excludes halogenated alkanes) is 1. The molecule has 0 unspecified atom stereocenters. The van der Waals surface area contributed by atoms with Crippen molar-refractivity contribution in [3.63, 3.8) is 0 Å². The second kappa shape index (κ2) is 7.82. The highest BCUT2D eigenvalue weighted by Gasteiger charge is 2.22. The zero-order valence-corrected chi connectivity index (χ0v) is 12.9. The van der Waals surface area contributed by atoms with E-state index < -0.39 is 14.0 Å². The zero-order valence-electron chi connectivity index (χ0n) is 11.9. The normalized spacial score (nSPS) is 10.9. The molecule has 0 aliphatic heterocycles. The van der Waals surface area contributed by atoms with Gasteiger partial charge in [-0.2, -0.15) is 4.89 Å².